The number of aromatic nitrogens is 2. The summed E-state index contributed by atoms with van der Waals surface area (Å²) in [6, 6.07) is 0.377. The Balaban J connectivity index is 1.99. The maximum absolute atomic E-state index is 5.95. The van der Waals surface area contributed by atoms with Gasteiger partial charge in [-0.1, -0.05) is 13.8 Å². The zero-order chi connectivity index (χ0) is 13.0. The number of nitrogen functional groups attached to an aromatic ring is 1. The van der Waals surface area contributed by atoms with Crippen LogP contribution in [-0.2, 0) is 4.74 Å². The van der Waals surface area contributed by atoms with Gasteiger partial charge in [0.1, 0.15) is 0 Å². The molecule has 1 atom stereocenters. The van der Waals surface area contributed by atoms with E-state index >= 15 is 0 Å². The minimum absolute atomic E-state index is 0.0176. The monoisotopic (exact) mass is 250 g/mol. The number of nitrogens with two attached hydrogens (primary N) is 1. The van der Waals surface area contributed by atoms with Crippen molar-refractivity contribution < 1.29 is 4.74 Å². The summed E-state index contributed by atoms with van der Waals surface area (Å²) in [7, 11) is 0. The van der Waals surface area contributed by atoms with Crippen molar-refractivity contribution >= 4 is 11.6 Å². The van der Waals surface area contributed by atoms with E-state index in [9.17, 15) is 0 Å². The Morgan fingerprint density at radius 3 is 2.67 bits per heavy atom. The highest BCUT2D eigenvalue weighted by Gasteiger charge is 2.34. The van der Waals surface area contributed by atoms with Crippen molar-refractivity contribution in [1.82, 2.24) is 9.97 Å². The molecule has 2 heterocycles. The molecule has 0 saturated carbocycles. The number of hydrogen-bond acceptors (Lipinski definition) is 5. The molecule has 100 valence electrons. The van der Waals surface area contributed by atoms with Gasteiger partial charge in [0.05, 0.1) is 23.7 Å². The number of ether oxygens (including phenoxy) is 1. The first-order valence-electron chi connectivity index (χ1n) is 6.65. The first-order valence-corrected chi connectivity index (χ1v) is 6.65. The molecular weight excluding hydrogens is 228 g/mol. The van der Waals surface area contributed by atoms with Gasteiger partial charge in [-0.2, -0.15) is 0 Å². The molecule has 0 spiro atoms. The Hall–Kier alpha value is -1.36. The Bertz CT molecular complexity index is 375. The predicted molar refractivity (Wildman–Crippen MR) is 72.4 cm³/mol. The van der Waals surface area contributed by atoms with Crippen molar-refractivity contribution in [2.75, 3.05) is 17.7 Å². The van der Waals surface area contributed by atoms with Crippen LogP contribution < -0.4 is 11.1 Å². The molecule has 1 aliphatic heterocycles. The average Bonchev–Trinajstić information content (AvgIpc) is 2.41. The molecule has 0 amide bonds. The van der Waals surface area contributed by atoms with Gasteiger partial charge in [0.2, 0.25) is 5.95 Å². The molecule has 5 heteroatoms. The van der Waals surface area contributed by atoms with E-state index in [1.807, 2.05) is 0 Å². The average molecular weight is 250 g/mol. The van der Waals surface area contributed by atoms with Crippen molar-refractivity contribution in [3.63, 3.8) is 0 Å². The second-order valence-corrected chi connectivity index (χ2v) is 4.91. The van der Waals surface area contributed by atoms with E-state index in [1.54, 1.807) is 12.4 Å². The molecule has 0 bridgehead atoms. The summed E-state index contributed by atoms with van der Waals surface area (Å²) in [6.45, 7) is 5.17. The number of nitrogens with one attached hydrogen (secondary N) is 1. The molecule has 1 unspecified atom stereocenters. The van der Waals surface area contributed by atoms with Gasteiger partial charge in [-0.15, -0.1) is 0 Å². The van der Waals surface area contributed by atoms with Gasteiger partial charge in [-0.3, -0.25) is 0 Å². The van der Waals surface area contributed by atoms with Crippen LogP contribution in [0.2, 0.25) is 0 Å². The van der Waals surface area contributed by atoms with Gasteiger partial charge < -0.3 is 15.8 Å². The van der Waals surface area contributed by atoms with E-state index in [2.05, 4.69) is 29.1 Å². The van der Waals surface area contributed by atoms with Gasteiger partial charge >= 0.3 is 0 Å². The smallest absolute Gasteiger partial charge is 0.222 e. The van der Waals surface area contributed by atoms with Gasteiger partial charge in [0.15, 0.2) is 0 Å². The Morgan fingerprint density at radius 1 is 1.39 bits per heavy atom. The number of anilines is 2. The standard InChI is InChI=1S/C13H22N4O/c1-3-13(4-2)7-11(5-6-18-13)17-12-15-8-10(14)9-16-12/h8-9,11H,3-7,14H2,1-2H3,(H,15,16,17). The fraction of sp³-hybridized carbons (Fsp3) is 0.692. The summed E-state index contributed by atoms with van der Waals surface area (Å²) in [5, 5.41) is 3.37. The second kappa shape index (κ2) is 5.52. The highest BCUT2D eigenvalue weighted by molar-refractivity contribution is 5.36. The molecule has 0 aromatic carbocycles. The third-order valence-electron chi connectivity index (χ3n) is 3.79. The third kappa shape index (κ3) is 2.90. The van der Waals surface area contributed by atoms with Crippen molar-refractivity contribution in [3.8, 4) is 0 Å². The molecule has 18 heavy (non-hydrogen) atoms. The summed E-state index contributed by atoms with van der Waals surface area (Å²) in [5.74, 6) is 0.650. The highest BCUT2D eigenvalue weighted by atomic mass is 16.5. The van der Waals surface area contributed by atoms with E-state index in [-0.39, 0.29) is 5.60 Å². The molecule has 1 saturated heterocycles. The largest absolute Gasteiger partial charge is 0.396 e. The van der Waals surface area contributed by atoms with E-state index in [0.29, 0.717) is 17.7 Å². The second-order valence-electron chi connectivity index (χ2n) is 4.91. The van der Waals surface area contributed by atoms with Crippen LogP contribution in [0.4, 0.5) is 11.6 Å². The van der Waals surface area contributed by atoms with Crippen LogP contribution in [-0.4, -0.2) is 28.2 Å². The molecule has 0 aliphatic carbocycles. The predicted octanol–water partition coefficient (Wildman–Crippen LogP) is 2.21. The zero-order valence-corrected chi connectivity index (χ0v) is 11.1. The van der Waals surface area contributed by atoms with Gasteiger partial charge in [-0.05, 0) is 25.7 Å². The molecule has 1 aliphatic rings. The lowest BCUT2D eigenvalue weighted by molar-refractivity contribution is -0.0865. The fourth-order valence-electron chi connectivity index (χ4n) is 2.49. The van der Waals surface area contributed by atoms with Gasteiger partial charge in [0, 0.05) is 12.6 Å². The first-order chi connectivity index (χ1) is 8.67. The number of hydrogen-bond donors (Lipinski definition) is 2. The summed E-state index contributed by atoms with van der Waals surface area (Å²) in [6.07, 6.45) is 7.35. The molecule has 1 fully saturated rings. The molecule has 0 radical (unpaired) electrons. The lowest BCUT2D eigenvalue weighted by Crippen LogP contribution is -2.43. The van der Waals surface area contributed by atoms with E-state index in [4.69, 9.17) is 10.5 Å². The van der Waals surface area contributed by atoms with E-state index < -0.39 is 0 Å². The van der Waals surface area contributed by atoms with E-state index in [0.717, 1.165) is 32.3 Å². The van der Waals surface area contributed by atoms with Crippen molar-refractivity contribution in [2.24, 2.45) is 0 Å². The molecule has 1 aromatic heterocycles. The highest BCUT2D eigenvalue weighted by Crippen LogP contribution is 2.32. The maximum atomic E-state index is 5.95. The summed E-state index contributed by atoms with van der Waals surface area (Å²) in [4.78, 5) is 8.37. The Kier molecular flexibility index (Phi) is 4.01. The van der Waals surface area contributed by atoms with Crippen LogP contribution in [0.5, 0.6) is 0 Å². The van der Waals surface area contributed by atoms with E-state index in [1.165, 1.54) is 0 Å². The summed E-state index contributed by atoms with van der Waals surface area (Å²) >= 11 is 0. The minimum Gasteiger partial charge on any atom is -0.396 e. The zero-order valence-electron chi connectivity index (χ0n) is 11.1. The van der Waals surface area contributed by atoms with Crippen LogP contribution in [0.15, 0.2) is 12.4 Å². The normalized spacial score (nSPS) is 22.7. The molecule has 3 N–H and O–H groups in total. The Labute approximate surface area is 108 Å². The molecule has 5 nitrogen and oxygen atoms in total. The minimum atomic E-state index is 0.0176. The first kappa shape index (κ1) is 13.1. The van der Waals surface area contributed by atoms with Crippen LogP contribution in [0.3, 0.4) is 0 Å². The van der Waals surface area contributed by atoms with Gasteiger partial charge in [-0.25, -0.2) is 9.97 Å². The van der Waals surface area contributed by atoms with Crippen molar-refractivity contribution in [1.29, 1.82) is 0 Å². The van der Waals surface area contributed by atoms with Crippen LogP contribution in [0.25, 0.3) is 0 Å². The fourth-order valence-corrected chi connectivity index (χ4v) is 2.49. The number of nitrogens with zero attached hydrogens (tertiary/aromatic N) is 2. The maximum Gasteiger partial charge on any atom is 0.222 e. The quantitative estimate of drug-likeness (QED) is 0.857. The van der Waals surface area contributed by atoms with Crippen molar-refractivity contribution in [3.05, 3.63) is 12.4 Å². The topological polar surface area (TPSA) is 73.1 Å². The molecule has 1 aromatic rings. The SMILES string of the molecule is CCC1(CC)CC(Nc2ncc(N)cn2)CCO1. The summed E-state index contributed by atoms with van der Waals surface area (Å²) < 4.78 is 5.95. The van der Waals surface area contributed by atoms with Crippen LogP contribution >= 0.6 is 0 Å². The van der Waals surface area contributed by atoms with Crippen LogP contribution in [0.1, 0.15) is 39.5 Å². The van der Waals surface area contributed by atoms with Crippen molar-refractivity contribution in [2.45, 2.75) is 51.2 Å². The molecular formula is C13H22N4O. The van der Waals surface area contributed by atoms with Crippen LogP contribution in [0, 0.1) is 0 Å². The lowest BCUT2D eigenvalue weighted by Gasteiger charge is -2.40. The Morgan fingerprint density at radius 2 is 2.06 bits per heavy atom. The molecule has 2 rings (SSSR count). The van der Waals surface area contributed by atoms with Gasteiger partial charge in [0.25, 0.3) is 0 Å². The lowest BCUT2D eigenvalue weighted by atomic mass is 9.86. The third-order valence-corrected chi connectivity index (χ3v) is 3.79. The summed E-state index contributed by atoms with van der Waals surface area (Å²) in [5.41, 5.74) is 6.18. The number of rotatable bonds is 4.